The monoisotopic (exact) mass is 347 g/mol. The van der Waals surface area contributed by atoms with Crippen LogP contribution in [0, 0.1) is 0 Å². The van der Waals surface area contributed by atoms with Crippen molar-refractivity contribution < 1.29 is 19.1 Å². The van der Waals surface area contributed by atoms with Crippen molar-refractivity contribution in [2.75, 3.05) is 5.32 Å². The topological polar surface area (TPSA) is 64.6 Å². The summed E-state index contributed by atoms with van der Waals surface area (Å²) in [5.74, 6) is -0.511. The molecule has 2 aromatic carbocycles. The number of carbonyl (C=O) groups is 2. The average Bonchev–Trinajstić information content (AvgIpc) is 2.55. The fourth-order valence-electron chi connectivity index (χ4n) is 1.88. The second-order valence-corrected chi connectivity index (χ2v) is 5.59. The Labute approximate surface area is 145 Å². The minimum atomic E-state index is -0.960. The van der Waals surface area contributed by atoms with Crippen LogP contribution < -0.4 is 10.1 Å². The number of esters is 1. The molecule has 0 saturated heterocycles. The van der Waals surface area contributed by atoms with E-state index in [1.807, 2.05) is 6.07 Å². The minimum Gasteiger partial charge on any atom is -0.479 e. The third-order valence-electron chi connectivity index (χ3n) is 3.14. The van der Waals surface area contributed by atoms with Crippen LogP contribution in [0.3, 0.4) is 0 Å². The standard InChI is InChI=1S/C18H18ClNO4/c1-12(17(21)20-15-8-6-7-14(19)11-15)24-18(22)13(2)23-16-9-4-3-5-10-16/h3-13H,1-2H3,(H,20,21)/t12-,13+/m1/s1. The van der Waals surface area contributed by atoms with Gasteiger partial charge in [0, 0.05) is 10.7 Å². The molecule has 24 heavy (non-hydrogen) atoms. The average molecular weight is 348 g/mol. The summed E-state index contributed by atoms with van der Waals surface area (Å²) in [6, 6.07) is 15.6. The summed E-state index contributed by atoms with van der Waals surface area (Å²) in [4.78, 5) is 24.1. The summed E-state index contributed by atoms with van der Waals surface area (Å²) in [5, 5.41) is 3.14. The maximum atomic E-state index is 12.1. The molecule has 0 saturated carbocycles. The lowest BCUT2D eigenvalue weighted by atomic mass is 10.3. The van der Waals surface area contributed by atoms with Crippen molar-refractivity contribution in [2.45, 2.75) is 26.1 Å². The van der Waals surface area contributed by atoms with Crippen LogP contribution in [0.25, 0.3) is 0 Å². The van der Waals surface area contributed by atoms with Gasteiger partial charge in [0.05, 0.1) is 0 Å². The number of rotatable bonds is 6. The Morgan fingerprint density at radius 3 is 2.38 bits per heavy atom. The highest BCUT2D eigenvalue weighted by atomic mass is 35.5. The molecule has 1 amide bonds. The molecule has 0 aromatic heterocycles. The Balaban J connectivity index is 1.87. The van der Waals surface area contributed by atoms with Gasteiger partial charge in [-0.3, -0.25) is 4.79 Å². The molecule has 2 atom stereocenters. The summed E-state index contributed by atoms with van der Waals surface area (Å²) in [7, 11) is 0. The Morgan fingerprint density at radius 2 is 1.71 bits per heavy atom. The Kier molecular flexibility index (Phi) is 6.21. The SMILES string of the molecule is C[C@H](Oc1ccccc1)C(=O)O[C@H](C)C(=O)Nc1cccc(Cl)c1. The van der Waals surface area contributed by atoms with E-state index in [2.05, 4.69) is 5.32 Å². The quantitative estimate of drug-likeness (QED) is 0.810. The van der Waals surface area contributed by atoms with Crippen molar-refractivity contribution >= 4 is 29.2 Å². The zero-order valence-electron chi connectivity index (χ0n) is 13.4. The van der Waals surface area contributed by atoms with E-state index in [0.29, 0.717) is 16.5 Å². The molecular weight excluding hydrogens is 330 g/mol. The molecule has 1 N–H and O–H groups in total. The third-order valence-corrected chi connectivity index (χ3v) is 3.38. The molecule has 2 aromatic rings. The van der Waals surface area contributed by atoms with Crippen LogP contribution in [0.4, 0.5) is 5.69 Å². The lowest BCUT2D eigenvalue weighted by Crippen LogP contribution is -2.35. The second-order valence-electron chi connectivity index (χ2n) is 5.15. The maximum absolute atomic E-state index is 12.1. The molecule has 0 spiro atoms. The number of amides is 1. The molecule has 5 nitrogen and oxygen atoms in total. The first-order valence-electron chi connectivity index (χ1n) is 7.44. The Bertz CT molecular complexity index is 705. The van der Waals surface area contributed by atoms with Gasteiger partial charge in [-0.2, -0.15) is 0 Å². The minimum absolute atomic E-state index is 0.447. The van der Waals surface area contributed by atoms with Crippen LogP contribution in [0.2, 0.25) is 5.02 Å². The van der Waals surface area contributed by atoms with Gasteiger partial charge in [0.25, 0.3) is 5.91 Å². The van der Waals surface area contributed by atoms with Gasteiger partial charge < -0.3 is 14.8 Å². The predicted molar refractivity (Wildman–Crippen MR) is 92.2 cm³/mol. The van der Waals surface area contributed by atoms with E-state index in [1.165, 1.54) is 6.92 Å². The van der Waals surface area contributed by atoms with Crippen molar-refractivity contribution in [1.29, 1.82) is 0 Å². The predicted octanol–water partition coefficient (Wildman–Crippen LogP) is 3.68. The first kappa shape index (κ1) is 17.8. The molecule has 2 rings (SSSR count). The van der Waals surface area contributed by atoms with Crippen molar-refractivity contribution in [3.63, 3.8) is 0 Å². The third kappa shape index (κ3) is 5.28. The molecule has 0 aliphatic carbocycles. The van der Waals surface area contributed by atoms with Gasteiger partial charge in [0.2, 0.25) is 0 Å². The van der Waals surface area contributed by atoms with Crippen LogP contribution in [-0.4, -0.2) is 24.1 Å². The molecular formula is C18H18ClNO4. The summed E-state index contributed by atoms with van der Waals surface area (Å²) in [6.45, 7) is 3.06. The molecule has 0 aliphatic heterocycles. The van der Waals surface area contributed by atoms with Gasteiger partial charge in [0.15, 0.2) is 12.2 Å². The van der Waals surface area contributed by atoms with E-state index in [1.54, 1.807) is 55.5 Å². The summed E-state index contributed by atoms with van der Waals surface area (Å²) in [5.41, 5.74) is 0.531. The van der Waals surface area contributed by atoms with Crippen molar-refractivity contribution in [2.24, 2.45) is 0 Å². The van der Waals surface area contributed by atoms with Gasteiger partial charge >= 0.3 is 5.97 Å². The van der Waals surface area contributed by atoms with E-state index in [4.69, 9.17) is 21.1 Å². The van der Waals surface area contributed by atoms with Crippen LogP contribution in [0.15, 0.2) is 54.6 Å². The smallest absolute Gasteiger partial charge is 0.347 e. The lowest BCUT2D eigenvalue weighted by Gasteiger charge is -2.17. The maximum Gasteiger partial charge on any atom is 0.347 e. The van der Waals surface area contributed by atoms with Gasteiger partial charge in [-0.15, -0.1) is 0 Å². The molecule has 0 bridgehead atoms. The van der Waals surface area contributed by atoms with Crippen LogP contribution in [-0.2, 0) is 14.3 Å². The highest BCUT2D eigenvalue weighted by Crippen LogP contribution is 2.16. The van der Waals surface area contributed by atoms with Crippen LogP contribution >= 0.6 is 11.6 Å². The highest BCUT2D eigenvalue weighted by Gasteiger charge is 2.23. The molecule has 0 heterocycles. The van der Waals surface area contributed by atoms with E-state index < -0.39 is 24.1 Å². The number of halogens is 1. The first-order valence-corrected chi connectivity index (χ1v) is 7.82. The molecule has 0 unspecified atom stereocenters. The number of para-hydroxylation sites is 1. The number of ether oxygens (including phenoxy) is 2. The number of hydrogen-bond donors (Lipinski definition) is 1. The summed E-state index contributed by atoms with van der Waals surface area (Å²) < 4.78 is 10.6. The zero-order valence-corrected chi connectivity index (χ0v) is 14.1. The lowest BCUT2D eigenvalue weighted by molar-refractivity contribution is -0.159. The fraction of sp³-hybridized carbons (Fsp3) is 0.222. The number of benzene rings is 2. The molecule has 6 heteroatoms. The zero-order chi connectivity index (χ0) is 17.5. The first-order chi connectivity index (χ1) is 11.5. The van der Waals surface area contributed by atoms with E-state index >= 15 is 0 Å². The van der Waals surface area contributed by atoms with E-state index in [0.717, 1.165) is 0 Å². The van der Waals surface area contributed by atoms with Crippen LogP contribution in [0.5, 0.6) is 5.75 Å². The Hall–Kier alpha value is -2.53. The number of nitrogens with one attached hydrogen (secondary N) is 1. The number of hydrogen-bond acceptors (Lipinski definition) is 4. The molecule has 126 valence electrons. The summed E-state index contributed by atoms with van der Waals surface area (Å²) >= 11 is 5.86. The highest BCUT2D eigenvalue weighted by molar-refractivity contribution is 6.30. The van der Waals surface area contributed by atoms with Gasteiger partial charge in [-0.1, -0.05) is 35.9 Å². The second kappa shape index (κ2) is 8.36. The summed E-state index contributed by atoms with van der Waals surface area (Å²) in [6.07, 6.45) is -1.79. The number of carbonyl (C=O) groups excluding carboxylic acids is 2. The van der Waals surface area contributed by atoms with Crippen molar-refractivity contribution in [1.82, 2.24) is 0 Å². The molecule has 0 fully saturated rings. The number of anilines is 1. The van der Waals surface area contributed by atoms with E-state index in [-0.39, 0.29) is 0 Å². The molecule has 0 radical (unpaired) electrons. The van der Waals surface area contributed by atoms with Gasteiger partial charge in [-0.05, 0) is 44.2 Å². The van der Waals surface area contributed by atoms with Crippen molar-refractivity contribution in [3.05, 3.63) is 59.6 Å². The van der Waals surface area contributed by atoms with E-state index in [9.17, 15) is 9.59 Å². The molecule has 0 aliphatic rings. The van der Waals surface area contributed by atoms with Gasteiger partial charge in [0.1, 0.15) is 5.75 Å². The fourth-order valence-corrected chi connectivity index (χ4v) is 2.08. The van der Waals surface area contributed by atoms with Crippen LogP contribution in [0.1, 0.15) is 13.8 Å². The van der Waals surface area contributed by atoms with Crippen molar-refractivity contribution in [3.8, 4) is 5.75 Å². The van der Waals surface area contributed by atoms with Gasteiger partial charge in [-0.25, -0.2) is 4.79 Å². The Morgan fingerprint density at radius 1 is 1.00 bits per heavy atom. The normalized spacial score (nSPS) is 12.8. The largest absolute Gasteiger partial charge is 0.479 e.